The maximum atomic E-state index is 14.8. The summed E-state index contributed by atoms with van der Waals surface area (Å²) >= 11 is 0. The summed E-state index contributed by atoms with van der Waals surface area (Å²) in [5.41, 5.74) is 4.02. The predicted molar refractivity (Wildman–Crippen MR) is 91.7 cm³/mol. The molecule has 11 heteroatoms. The second-order valence-electron chi connectivity index (χ2n) is 5.31. The number of rotatable bonds is 3. The van der Waals surface area contributed by atoms with Crippen LogP contribution >= 0.6 is 0 Å². The third-order valence-corrected chi connectivity index (χ3v) is 3.62. The van der Waals surface area contributed by atoms with Crippen molar-refractivity contribution in [3.8, 4) is 11.3 Å². The van der Waals surface area contributed by atoms with E-state index in [2.05, 4.69) is 25.4 Å². The van der Waals surface area contributed by atoms with Gasteiger partial charge < -0.3 is 15.6 Å². The molecule has 0 fully saturated rings. The number of aromatic nitrogens is 6. The number of hydrogen-bond donors (Lipinski definition) is 2. The molecule has 0 bridgehead atoms. The van der Waals surface area contributed by atoms with E-state index in [1.165, 1.54) is 0 Å². The molecule has 0 aliphatic carbocycles. The maximum Gasteiger partial charge on any atom is 0.263 e. The zero-order valence-electron chi connectivity index (χ0n) is 18.2. The fourth-order valence-corrected chi connectivity index (χ4v) is 2.50. The van der Waals surface area contributed by atoms with E-state index in [0.29, 0.717) is 4.57 Å². The first kappa shape index (κ1) is 11.7. The molecule has 0 aliphatic heterocycles. The molecule has 4 aromatic rings. The Kier molecular flexibility index (Phi) is 2.65. The largest absolute Gasteiger partial charge is 0.381 e. The lowest BCUT2D eigenvalue weighted by Gasteiger charge is -2.11. The summed E-state index contributed by atoms with van der Waals surface area (Å²) in [6, 6.07) is 0. The van der Waals surface area contributed by atoms with Gasteiger partial charge in [-0.3, -0.25) is 9.78 Å². The smallest absolute Gasteiger partial charge is 0.263 e. The van der Waals surface area contributed by atoms with Gasteiger partial charge in [-0.2, -0.15) is 0 Å². The minimum atomic E-state index is -2.96. The van der Waals surface area contributed by atoms with Gasteiger partial charge in [-0.15, -0.1) is 5.10 Å². The Morgan fingerprint density at radius 3 is 3.00 bits per heavy atom. The Labute approximate surface area is 157 Å². The van der Waals surface area contributed by atoms with E-state index in [-0.39, 0.29) is 22.7 Å². The lowest BCUT2D eigenvalue weighted by Crippen LogP contribution is -2.15. The molecule has 0 aliphatic rings. The number of nitrogens with two attached hydrogens (primary N) is 1. The van der Waals surface area contributed by atoms with Crippen molar-refractivity contribution in [3.63, 3.8) is 0 Å². The zero-order chi connectivity index (χ0) is 23.4. The summed E-state index contributed by atoms with van der Waals surface area (Å²) < 4.78 is 68.0. The highest BCUT2D eigenvalue weighted by Crippen LogP contribution is 2.30. The van der Waals surface area contributed by atoms with E-state index < -0.39 is 48.3 Å². The molecule has 4 heterocycles. The number of carbonyl (C=O) groups excluding carboxylic acids is 1. The van der Waals surface area contributed by atoms with Crippen LogP contribution in [0.4, 0.5) is 20.3 Å². The first-order valence-corrected chi connectivity index (χ1v) is 7.30. The fraction of sp³-hybridized carbons (Fsp3) is 0.0625. The Bertz CT molecular complexity index is 1380. The van der Waals surface area contributed by atoms with Crippen LogP contribution in [0.2, 0.25) is 0 Å². The molecule has 0 aromatic carbocycles. The standard InChI is InChI=1S/C16H12F2N8O/c1-25-7-21-5-11(25)12-9(18)3-20-4-10(12)23-16(27)13-14(19)24-26-6-8(17)2-22-15(13)26/h2-7H,1H3,(H2,19,24)(H,23,27)/i1D3,5D,7D. The molecule has 0 spiro atoms. The molecular formula is C16H12F2N8O. The van der Waals surface area contributed by atoms with Crippen LogP contribution in [0.15, 0.2) is 37.3 Å². The number of anilines is 2. The second kappa shape index (κ2) is 6.12. The Morgan fingerprint density at radius 2 is 2.19 bits per heavy atom. The van der Waals surface area contributed by atoms with Crippen LogP contribution in [0, 0.1) is 11.6 Å². The molecule has 0 unspecified atom stereocenters. The Balaban J connectivity index is 1.85. The molecule has 0 saturated heterocycles. The van der Waals surface area contributed by atoms with Gasteiger partial charge >= 0.3 is 0 Å². The minimum Gasteiger partial charge on any atom is -0.381 e. The molecule has 1 amide bonds. The number of pyridine rings is 1. The van der Waals surface area contributed by atoms with Crippen LogP contribution in [0.3, 0.4) is 0 Å². The van der Waals surface area contributed by atoms with Crippen LogP contribution < -0.4 is 11.1 Å². The molecule has 9 nitrogen and oxygen atoms in total. The van der Waals surface area contributed by atoms with Crippen molar-refractivity contribution >= 4 is 23.1 Å². The van der Waals surface area contributed by atoms with Crippen LogP contribution in [0.5, 0.6) is 0 Å². The number of halogens is 2. The third-order valence-electron chi connectivity index (χ3n) is 3.62. The number of carbonyl (C=O) groups is 1. The third kappa shape index (κ3) is 2.74. The topological polar surface area (TPSA) is 116 Å². The SMILES string of the molecule is [2H]c1nc([2H])n(C([2H])([2H])[2H])c1-c1c(F)cncc1NC(=O)c1c(N)nn2cc(F)cnc12. The Hall–Kier alpha value is -3.89. The highest BCUT2D eigenvalue weighted by atomic mass is 19.1. The maximum absolute atomic E-state index is 14.8. The van der Waals surface area contributed by atoms with Gasteiger partial charge in [0, 0.05) is 11.1 Å². The molecule has 0 atom stereocenters. The van der Waals surface area contributed by atoms with Crippen molar-refractivity contribution < 1.29 is 20.4 Å². The monoisotopic (exact) mass is 375 g/mol. The molecule has 4 rings (SSSR count). The molecule has 27 heavy (non-hydrogen) atoms. The number of hydrogen-bond acceptors (Lipinski definition) is 6. The summed E-state index contributed by atoms with van der Waals surface area (Å²) in [6.45, 7) is -2.96. The van der Waals surface area contributed by atoms with Gasteiger partial charge in [0.15, 0.2) is 23.1 Å². The first-order chi connectivity index (χ1) is 15.0. The van der Waals surface area contributed by atoms with Crippen molar-refractivity contribution in [2.24, 2.45) is 6.98 Å². The normalized spacial score (nSPS) is 14.2. The summed E-state index contributed by atoms with van der Waals surface area (Å²) in [4.78, 5) is 23.8. The Morgan fingerprint density at radius 1 is 1.33 bits per heavy atom. The number of nitrogens with one attached hydrogen (secondary N) is 1. The number of amides is 1. The highest BCUT2D eigenvalue weighted by Gasteiger charge is 2.22. The molecule has 0 radical (unpaired) electrons. The average Bonchev–Trinajstić information content (AvgIpc) is 3.15. The van der Waals surface area contributed by atoms with Crippen LogP contribution in [0.1, 0.15) is 17.2 Å². The molecular weight excluding hydrogens is 358 g/mol. The lowest BCUT2D eigenvalue weighted by atomic mass is 10.1. The van der Waals surface area contributed by atoms with Gasteiger partial charge in [-0.05, 0) is 0 Å². The van der Waals surface area contributed by atoms with Gasteiger partial charge in [-0.25, -0.2) is 23.3 Å². The molecule has 3 N–H and O–H groups in total. The van der Waals surface area contributed by atoms with Crippen molar-refractivity contribution in [1.29, 1.82) is 0 Å². The van der Waals surface area contributed by atoms with Crippen molar-refractivity contribution in [2.45, 2.75) is 0 Å². The average molecular weight is 375 g/mol. The minimum absolute atomic E-state index is 0.0885. The van der Waals surface area contributed by atoms with E-state index in [0.717, 1.165) is 29.3 Å². The van der Waals surface area contributed by atoms with Crippen LogP contribution in [0.25, 0.3) is 16.9 Å². The van der Waals surface area contributed by atoms with E-state index in [9.17, 15) is 13.6 Å². The first-order valence-electron chi connectivity index (χ1n) is 9.80. The van der Waals surface area contributed by atoms with E-state index in [1.807, 2.05) is 0 Å². The fourth-order valence-electron chi connectivity index (χ4n) is 2.50. The highest BCUT2D eigenvalue weighted by molar-refractivity contribution is 6.12. The van der Waals surface area contributed by atoms with Crippen molar-refractivity contribution in [1.82, 2.24) is 29.1 Å². The van der Waals surface area contributed by atoms with Crippen LogP contribution in [-0.4, -0.2) is 35.0 Å². The van der Waals surface area contributed by atoms with Gasteiger partial charge in [0.1, 0.15) is 6.93 Å². The van der Waals surface area contributed by atoms with Gasteiger partial charge in [0.25, 0.3) is 5.91 Å². The van der Waals surface area contributed by atoms with Crippen molar-refractivity contribution in [2.75, 3.05) is 11.1 Å². The van der Waals surface area contributed by atoms with Gasteiger partial charge in [0.2, 0.25) is 0 Å². The van der Waals surface area contributed by atoms with Crippen LogP contribution in [-0.2, 0) is 6.98 Å². The number of nitrogen functional groups attached to an aromatic ring is 1. The summed E-state index contributed by atoms with van der Waals surface area (Å²) in [5.74, 6) is -3.03. The van der Waals surface area contributed by atoms with Gasteiger partial charge in [-0.1, -0.05) is 0 Å². The predicted octanol–water partition coefficient (Wildman–Crippen LogP) is 1.64. The summed E-state index contributed by atoms with van der Waals surface area (Å²) in [5, 5.41) is 6.13. The zero-order valence-corrected chi connectivity index (χ0v) is 13.2. The molecule has 0 saturated carbocycles. The quantitative estimate of drug-likeness (QED) is 0.562. The summed E-state index contributed by atoms with van der Waals surface area (Å²) in [7, 11) is 0. The summed E-state index contributed by atoms with van der Waals surface area (Å²) in [6.07, 6.45) is 2.07. The molecule has 4 aromatic heterocycles. The van der Waals surface area contributed by atoms with Crippen molar-refractivity contribution in [3.05, 3.63) is 54.5 Å². The van der Waals surface area contributed by atoms with Gasteiger partial charge in [0.05, 0.1) is 55.6 Å². The van der Waals surface area contributed by atoms with E-state index in [4.69, 9.17) is 12.6 Å². The molecule has 136 valence electrons. The number of fused-ring (bicyclic) bond motifs is 1. The van der Waals surface area contributed by atoms with E-state index in [1.54, 1.807) is 0 Å². The lowest BCUT2D eigenvalue weighted by molar-refractivity contribution is 0.102. The number of imidazole rings is 1. The second-order valence-corrected chi connectivity index (χ2v) is 5.31. The number of nitrogens with zero attached hydrogens (tertiary/aromatic N) is 6. The van der Waals surface area contributed by atoms with E-state index >= 15 is 0 Å².